The number of halogens is 1. The number of carbonyl (C=O) groups excluding carboxylic acids is 1. The standard InChI is InChI=1S/C24H21FN2O2/c1-3-29-24(28)19-12-13-22-23(14-19)27(16(2)26-22)15-17-8-10-18(11-9-17)20-6-4-5-7-21(20)25/h4-14H,3,15H2,1-2H3. The maximum atomic E-state index is 14.0. The predicted molar refractivity (Wildman–Crippen MR) is 111 cm³/mol. The van der Waals surface area contributed by atoms with Gasteiger partial charge in [-0.2, -0.15) is 0 Å². The van der Waals surface area contributed by atoms with Crippen molar-refractivity contribution in [2.45, 2.75) is 20.4 Å². The van der Waals surface area contributed by atoms with E-state index in [9.17, 15) is 9.18 Å². The van der Waals surface area contributed by atoms with Crippen LogP contribution in [0.3, 0.4) is 0 Å². The van der Waals surface area contributed by atoms with Gasteiger partial charge in [-0.25, -0.2) is 14.2 Å². The van der Waals surface area contributed by atoms with Gasteiger partial charge in [0.2, 0.25) is 0 Å². The van der Waals surface area contributed by atoms with Gasteiger partial charge in [0.15, 0.2) is 0 Å². The molecule has 1 heterocycles. The molecule has 0 radical (unpaired) electrons. The van der Waals surface area contributed by atoms with Gasteiger partial charge in [0, 0.05) is 12.1 Å². The van der Waals surface area contributed by atoms with Crippen LogP contribution in [0.15, 0.2) is 66.7 Å². The van der Waals surface area contributed by atoms with E-state index in [4.69, 9.17) is 4.74 Å². The monoisotopic (exact) mass is 388 g/mol. The summed E-state index contributed by atoms with van der Waals surface area (Å²) in [4.78, 5) is 16.7. The zero-order valence-corrected chi connectivity index (χ0v) is 16.4. The molecule has 4 nitrogen and oxygen atoms in total. The number of hydrogen-bond donors (Lipinski definition) is 0. The van der Waals surface area contributed by atoms with Crippen molar-refractivity contribution in [2.24, 2.45) is 0 Å². The average Bonchev–Trinajstić information content (AvgIpc) is 3.04. The molecule has 0 fully saturated rings. The Morgan fingerprint density at radius 2 is 1.83 bits per heavy atom. The largest absolute Gasteiger partial charge is 0.462 e. The summed E-state index contributed by atoms with van der Waals surface area (Å²) in [5.41, 5.74) is 4.71. The number of rotatable bonds is 5. The lowest BCUT2D eigenvalue weighted by molar-refractivity contribution is 0.0526. The van der Waals surface area contributed by atoms with Gasteiger partial charge in [0.1, 0.15) is 11.6 Å². The van der Waals surface area contributed by atoms with Crippen molar-refractivity contribution in [1.29, 1.82) is 0 Å². The van der Waals surface area contributed by atoms with Crippen LogP contribution >= 0.6 is 0 Å². The second-order valence-electron chi connectivity index (χ2n) is 6.85. The summed E-state index contributed by atoms with van der Waals surface area (Å²) in [5.74, 6) is 0.288. The third-order valence-electron chi connectivity index (χ3n) is 4.93. The van der Waals surface area contributed by atoms with E-state index in [-0.39, 0.29) is 11.8 Å². The Morgan fingerprint density at radius 1 is 1.07 bits per heavy atom. The van der Waals surface area contributed by atoms with Gasteiger partial charge in [-0.3, -0.25) is 0 Å². The molecule has 0 unspecified atom stereocenters. The third-order valence-corrected chi connectivity index (χ3v) is 4.93. The van der Waals surface area contributed by atoms with Gasteiger partial charge in [-0.15, -0.1) is 0 Å². The van der Waals surface area contributed by atoms with Crippen LogP contribution in [-0.4, -0.2) is 22.1 Å². The number of aromatic nitrogens is 2. The molecule has 4 aromatic rings. The number of imidazole rings is 1. The lowest BCUT2D eigenvalue weighted by Gasteiger charge is -2.10. The van der Waals surface area contributed by atoms with E-state index < -0.39 is 0 Å². The van der Waals surface area contributed by atoms with Gasteiger partial charge in [-0.1, -0.05) is 42.5 Å². The highest BCUT2D eigenvalue weighted by molar-refractivity contribution is 5.93. The average molecular weight is 388 g/mol. The Labute approximate surface area is 168 Å². The number of hydrogen-bond acceptors (Lipinski definition) is 3. The van der Waals surface area contributed by atoms with Crippen LogP contribution in [0, 0.1) is 12.7 Å². The minimum atomic E-state index is -0.339. The molecular weight excluding hydrogens is 367 g/mol. The molecule has 0 N–H and O–H groups in total. The number of ether oxygens (including phenoxy) is 1. The van der Waals surface area contributed by atoms with Gasteiger partial charge in [0.25, 0.3) is 0 Å². The van der Waals surface area contributed by atoms with Crippen LogP contribution < -0.4 is 0 Å². The van der Waals surface area contributed by atoms with Crippen LogP contribution in [0.4, 0.5) is 4.39 Å². The van der Waals surface area contributed by atoms with Gasteiger partial charge in [-0.05, 0) is 49.2 Å². The molecule has 0 bridgehead atoms. The van der Waals surface area contributed by atoms with Gasteiger partial charge in [0.05, 0.1) is 23.2 Å². The molecule has 29 heavy (non-hydrogen) atoms. The van der Waals surface area contributed by atoms with Crippen molar-refractivity contribution in [2.75, 3.05) is 6.61 Å². The maximum absolute atomic E-state index is 14.0. The van der Waals surface area contributed by atoms with Crippen molar-refractivity contribution >= 4 is 17.0 Å². The summed E-state index contributed by atoms with van der Waals surface area (Å²) < 4.78 is 21.2. The number of nitrogens with zero attached hydrogens (tertiary/aromatic N) is 2. The summed E-state index contributed by atoms with van der Waals surface area (Å²) in [7, 11) is 0. The number of fused-ring (bicyclic) bond motifs is 1. The predicted octanol–water partition coefficient (Wildman–Crippen LogP) is 5.38. The number of benzene rings is 3. The molecule has 0 saturated carbocycles. The molecule has 0 amide bonds. The zero-order valence-electron chi connectivity index (χ0n) is 16.4. The first-order chi connectivity index (χ1) is 14.1. The highest BCUT2D eigenvalue weighted by Crippen LogP contribution is 2.24. The summed E-state index contributed by atoms with van der Waals surface area (Å²) >= 11 is 0. The second kappa shape index (κ2) is 7.87. The van der Waals surface area contributed by atoms with E-state index in [2.05, 4.69) is 9.55 Å². The Hall–Kier alpha value is -3.47. The first kappa shape index (κ1) is 18.9. The van der Waals surface area contributed by atoms with Crippen LogP contribution in [0.2, 0.25) is 0 Å². The highest BCUT2D eigenvalue weighted by atomic mass is 19.1. The molecule has 0 atom stereocenters. The molecule has 4 rings (SSSR count). The molecule has 1 aromatic heterocycles. The topological polar surface area (TPSA) is 44.1 Å². The van der Waals surface area contributed by atoms with E-state index >= 15 is 0 Å². The Morgan fingerprint density at radius 3 is 2.55 bits per heavy atom. The van der Waals surface area contributed by atoms with Crippen LogP contribution in [0.25, 0.3) is 22.2 Å². The molecular formula is C24H21FN2O2. The minimum absolute atomic E-state index is 0.233. The first-order valence-electron chi connectivity index (χ1n) is 9.54. The Kier molecular flexibility index (Phi) is 5.12. The molecule has 0 aliphatic carbocycles. The third kappa shape index (κ3) is 3.76. The summed E-state index contributed by atoms with van der Waals surface area (Å²) in [6.45, 7) is 4.67. The van der Waals surface area contributed by atoms with E-state index in [1.165, 1.54) is 6.07 Å². The smallest absolute Gasteiger partial charge is 0.338 e. The molecule has 0 spiro atoms. The number of carbonyl (C=O) groups is 1. The highest BCUT2D eigenvalue weighted by Gasteiger charge is 2.13. The summed E-state index contributed by atoms with van der Waals surface area (Å²) in [6.07, 6.45) is 0. The van der Waals surface area contributed by atoms with Crippen LogP contribution in [0.1, 0.15) is 28.7 Å². The van der Waals surface area contributed by atoms with Gasteiger partial charge >= 0.3 is 5.97 Å². The molecule has 0 saturated heterocycles. The quantitative estimate of drug-likeness (QED) is 0.431. The van der Waals surface area contributed by atoms with E-state index in [0.29, 0.717) is 24.3 Å². The molecule has 146 valence electrons. The van der Waals surface area contributed by atoms with Gasteiger partial charge < -0.3 is 9.30 Å². The molecule has 0 aliphatic heterocycles. The van der Waals surface area contributed by atoms with Crippen molar-refractivity contribution in [3.63, 3.8) is 0 Å². The maximum Gasteiger partial charge on any atom is 0.338 e. The zero-order chi connectivity index (χ0) is 20.4. The van der Waals surface area contributed by atoms with Crippen molar-refractivity contribution in [3.8, 4) is 11.1 Å². The van der Waals surface area contributed by atoms with Crippen LogP contribution in [0.5, 0.6) is 0 Å². The van der Waals surface area contributed by atoms with Crippen molar-refractivity contribution in [3.05, 3.63) is 89.5 Å². The molecule has 0 aliphatic rings. The van der Waals surface area contributed by atoms with E-state index in [0.717, 1.165) is 28.0 Å². The fourth-order valence-corrected chi connectivity index (χ4v) is 3.45. The fourth-order valence-electron chi connectivity index (χ4n) is 3.45. The summed E-state index contributed by atoms with van der Waals surface area (Å²) in [5, 5.41) is 0. The normalized spacial score (nSPS) is 11.0. The van der Waals surface area contributed by atoms with Crippen molar-refractivity contribution < 1.29 is 13.9 Å². The Bertz CT molecular complexity index is 1180. The first-order valence-corrected chi connectivity index (χ1v) is 9.54. The number of esters is 1. The van der Waals surface area contributed by atoms with Crippen LogP contribution in [-0.2, 0) is 11.3 Å². The Balaban J connectivity index is 1.65. The molecule has 5 heteroatoms. The molecule has 3 aromatic carbocycles. The van der Waals surface area contributed by atoms with Crippen molar-refractivity contribution in [1.82, 2.24) is 9.55 Å². The lowest BCUT2D eigenvalue weighted by Crippen LogP contribution is -2.06. The van der Waals surface area contributed by atoms with E-state index in [1.807, 2.05) is 49.4 Å². The summed E-state index contributed by atoms with van der Waals surface area (Å²) in [6, 6.07) is 20.0. The lowest BCUT2D eigenvalue weighted by atomic mass is 10.0. The fraction of sp³-hybridized carbons (Fsp3) is 0.167. The SMILES string of the molecule is CCOC(=O)c1ccc2nc(C)n(Cc3ccc(-c4ccccc4F)cc3)c2c1. The minimum Gasteiger partial charge on any atom is -0.462 e. The number of aryl methyl sites for hydroxylation is 1. The second-order valence-corrected chi connectivity index (χ2v) is 6.85. The van der Waals surface area contributed by atoms with E-state index in [1.54, 1.807) is 25.1 Å².